The first-order valence-electron chi connectivity index (χ1n) is 9.41. The van der Waals surface area contributed by atoms with Gasteiger partial charge in [-0.1, -0.05) is 6.92 Å². The number of nitrogens with zero attached hydrogens (tertiary/aromatic N) is 1. The number of carbonyl (C=O) groups is 1. The smallest absolute Gasteiger partial charge is 0.228 e. The largest absolute Gasteiger partial charge is 0.371 e. The lowest BCUT2D eigenvalue weighted by atomic mass is 10.1. The van der Waals surface area contributed by atoms with Crippen molar-refractivity contribution in [3.63, 3.8) is 0 Å². The van der Waals surface area contributed by atoms with Crippen molar-refractivity contribution < 1.29 is 9.18 Å². The maximum absolute atomic E-state index is 13.6. The molecule has 1 aliphatic heterocycles. The van der Waals surface area contributed by atoms with Crippen LogP contribution in [0.4, 0.5) is 15.8 Å². The van der Waals surface area contributed by atoms with Gasteiger partial charge in [0.25, 0.3) is 0 Å². The van der Waals surface area contributed by atoms with E-state index in [0.29, 0.717) is 0 Å². The van der Waals surface area contributed by atoms with Gasteiger partial charge in [-0.15, -0.1) is 0 Å². The Labute approximate surface area is 158 Å². The second-order valence-electron chi connectivity index (χ2n) is 7.53. The van der Waals surface area contributed by atoms with Crippen LogP contribution >= 0.6 is 0 Å². The summed E-state index contributed by atoms with van der Waals surface area (Å²) in [4.78, 5) is 18.1. The van der Waals surface area contributed by atoms with Crippen molar-refractivity contribution >= 4 is 28.2 Å². The Morgan fingerprint density at radius 3 is 2.74 bits per heavy atom. The van der Waals surface area contributed by atoms with E-state index in [1.165, 1.54) is 24.2 Å². The van der Waals surface area contributed by atoms with E-state index in [4.69, 9.17) is 0 Å². The Morgan fingerprint density at radius 1 is 1.26 bits per heavy atom. The predicted molar refractivity (Wildman–Crippen MR) is 108 cm³/mol. The van der Waals surface area contributed by atoms with Gasteiger partial charge in [0.15, 0.2) is 0 Å². The minimum absolute atomic E-state index is 0.106. The molecule has 2 N–H and O–H groups in total. The molecule has 0 bridgehead atoms. The first kappa shape index (κ1) is 17.6. The number of halogens is 1. The molecule has 1 aromatic heterocycles. The highest BCUT2D eigenvalue weighted by Gasteiger charge is 2.19. The highest BCUT2D eigenvalue weighted by atomic mass is 19.1. The van der Waals surface area contributed by atoms with Crippen molar-refractivity contribution in [2.45, 2.75) is 26.7 Å². The minimum atomic E-state index is -0.296. The summed E-state index contributed by atoms with van der Waals surface area (Å²) >= 11 is 0. The number of fused-ring (bicyclic) bond motifs is 1. The number of carbonyl (C=O) groups excluding carboxylic acids is 1. The quantitative estimate of drug-likeness (QED) is 0.707. The molecule has 5 heteroatoms. The molecule has 2 heterocycles. The summed E-state index contributed by atoms with van der Waals surface area (Å²) in [7, 11) is 0. The molecular weight excluding hydrogens is 341 g/mol. The lowest BCUT2D eigenvalue weighted by Gasteiger charge is -2.18. The molecule has 1 fully saturated rings. The molecule has 1 atom stereocenters. The number of amides is 1. The van der Waals surface area contributed by atoms with Crippen molar-refractivity contribution in [3.8, 4) is 0 Å². The highest BCUT2D eigenvalue weighted by molar-refractivity contribution is 5.96. The van der Waals surface area contributed by atoms with E-state index in [0.717, 1.165) is 46.9 Å². The van der Waals surface area contributed by atoms with E-state index < -0.39 is 0 Å². The fourth-order valence-corrected chi connectivity index (χ4v) is 3.87. The SMILES string of the molecule is Cc1[nH]c2ccc(F)cc2c1CC(=O)Nc1ccc(N2CCC(C)C2)cc1. The zero-order valence-electron chi connectivity index (χ0n) is 15.7. The van der Waals surface area contributed by atoms with E-state index in [2.05, 4.69) is 34.3 Å². The van der Waals surface area contributed by atoms with Crippen LogP contribution in [-0.4, -0.2) is 24.0 Å². The third kappa shape index (κ3) is 3.68. The first-order chi connectivity index (χ1) is 13.0. The molecule has 0 radical (unpaired) electrons. The maximum Gasteiger partial charge on any atom is 0.228 e. The summed E-state index contributed by atoms with van der Waals surface area (Å²) in [6, 6.07) is 12.6. The number of hydrogen-bond acceptors (Lipinski definition) is 2. The molecular formula is C22H24FN3O. The summed E-state index contributed by atoms with van der Waals surface area (Å²) in [6.07, 6.45) is 1.43. The van der Waals surface area contributed by atoms with E-state index in [1.54, 1.807) is 6.07 Å². The van der Waals surface area contributed by atoms with Crippen molar-refractivity contribution in [1.82, 2.24) is 4.98 Å². The molecule has 0 aliphatic carbocycles. The van der Waals surface area contributed by atoms with Gasteiger partial charge < -0.3 is 15.2 Å². The molecule has 0 saturated carbocycles. The lowest BCUT2D eigenvalue weighted by molar-refractivity contribution is -0.115. The third-order valence-corrected chi connectivity index (χ3v) is 5.36. The van der Waals surface area contributed by atoms with Gasteiger partial charge in [0.05, 0.1) is 6.42 Å². The predicted octanol–water partition coefficient (Wildman–Crippen LogP) is 4.64. The van der Waals surface area contributed by atoms with Gasteiger partial charge in [0, 0.05) is 41.1 Å². The van der Waals surface area contributed by atoms with E-state index in [9.17, 15) is 9.18 Å². The van der Waals surface area contributed by atoms with Crippen molar-refractivity contribution in [3.05, 3.63) is 59.5 Å². The van der Waals surface area contributed by atoms with Crippen molar-refractivity contribution in [2.24, 2.45) is 5.92 Å². The van der Waals surface area contributed by atoms with Crippen LogP contribution < -0.4 is 10.2 Å². The molecule has 3 aromatic rings. The summed E-state index contributed by atoms with van der Waals surface area (Å²) in [5.74, 6) is 0.328. The highest BCUT2D eigenvalue weighted by Crippen LogP contribution is 2.26. The summed E-state index contributed by atoms with van der Waals surface area (Å²) < 4.78 is 13.6. The number of H-pyrrole nitrogens is 1. The molecule has 0 spiro atoms. The van der Waals surface area contributed by atoms with Crippen molar-refractivity contribution in [2.75, 3.05) is 23.3 Å². The normalized spacial score (nSPS) is 16.9. The third-order valence-electron chi connectivity index (χ3n) is 5.36. The van der Waals surface area contributed by atoms with Crippen LogP contribution in [0, 0.1) is 18.7 Å². The van der Waals surface area contributed by atoms with Gasteiger partial charge in [0.1, 0.15) is 5.82 Å². The zero-order valence-corrected chi connectivity index (χ0v) is 15.7. The number of aryl methyl sites for hydroxylation is 1. The number of hydrogen-bond donors (Lipinski definition) is 2. The number of anilines is 2. The fraction of sp³-hybridized carbons (Fsp3) is 0.318. The second-order valence-corrected chi connectivity index (χ2v) is 7.53. The summed E-state index contributed by atoms with van der Waals surface area (Å²) in [5.41, 5.74) is 4.55. The van der Waals surface area contributed by atoms with Gasteiger partial charge >= 0.3 is 0 Å². The molecule has 1 saturated heterocycles. The molecule has 1 unspecified atom stereocenters. The number of nitrogens with one attached hydrogen (secondary N) is 2. The summed E-state index contributed by atoms with van der Waals surface area (Å²) in [5, 5.41) is 3.71. The van der Waals surface area contributed by atoms with Crippen LogP contribution in [0.15, 0.2) is 42.5 Å². The molecule has 1 amide bonds. The van der Waals surface area contributed by atoms with Gasteiger partial charge in [0.2, 0.25) is 5.91 Å². The number of aromatic amines is 1. The Hall–Kier alpha value is -2.82. The van der Waals surface area contributed by atoms with Gasteiger partial charge in [-0.3, -0.25) is 4.79 Å². The van der Waals surface area contributed by atoms with Crippen LogP contribution in [0.25, 0.3) is 10.9 Å². The molecule has 2 aromatic carbocycles. The molecule has 1 aliphatic rings. The number of rotatable bonds is 4. The van der Waals surface area contributed by atoms with E-state index >= 15 is 0 Å². The summed E-state index contributed by atoms with van der Waals surface area (Å²) in [6.45, 7) is 6.35. The standard InChI is InChI=1S/C22H24FN3O/c1-14-9-10-26(13-14)18-6-4-17(5-7-18)25-22(27)12-19-15(2)24-21-8-3-16(23)11-20(19)21/h3-8,11,14,24H,9-10,12-13H2,1-2H3,(H,25,27). The fourth-order valence-electron chi connectivity index (χ4n) is 3.87. The topological polar surface area (TPSA) is 48.1 Å². The Kier molecular flexibility index (Phi) is 4.60. The van der Waals surface area contributed by atoms with Crippen LogP contribution in [-0.2, 0) is 11.2 Å². The van der Waals surface area contributed by atoms with Crippen LogP contribution in [0.5, 0.6) is 0 Å². The lowest BCUT2D eigenvalue weighted by Crippen LogP contribution is -2.19. The second kappa shape index (κ2) is 7.06. The maximum atomic E-state index is 13.6. The molecule has 140 valence electrons. The zero-order chi connectivity index (χ0) is 19.0. The van der Waals surface area contributed by atoms with Crippen LogP contribution in [0.1, 0.15) is 24.6 Å². The van der Waals surface area contributed by atoms with E-state index in [1.807, 2.05) is 19.1 Å². The number of benzene rings is 2. The first-order valence-corrected chi connectivity index (χ1v) is 9.41. The van der Waals surface area contributed by atoms with Crippen molar-refractivity contribution in [1.29, 1.82) is 0 Å². The van der Waals surface area contributed by atoms with Gasteiger partial charge in [-0.05, 0) is 67.3 Å². The van der Waals surface area contributed by atoms with Crippen LogP contribution in [0.2, 0.25) is 0 Å². The van der Waals surface area contributed by atoms with Gasteiger partial charge in [-0.25, -0.2) is 4.39 Å². The Balaban J connectivity index is 1.45. The Morgan fingerprint density at radius 2 is 2.04 bits per heavy atom. The Bertz CT molecular complexity index is 977. The molecule has 27 heavy (non-hydrogen) atoms. The minimum Gasteiger partial charge on any atom is -0.371 e. The average molecular weight is 365 g/mol. The molecule has 4 nitrogen and oxygen atoms in total. The average Bonchev–Trinajstić information content (AvgIpc) is 3.20. The monoisotopic (exact) mass is 365 g/mol. The number of aromatic nitrogens is 1. The van der Waals surface area contributed by atoms with Crippen LogP contribution in [0.3, 0.4) is 0 Å². The van der Waals surface area contributed by atoms with E-state index in [-0.39, 0.29) is 18.1 Å². The van der Waals surface area contributed by atoms with Gasteiger partial charge in [-0.2, -0.15) is 0 Å². The molecule has 4 rings (SSSR count).